The molecular formula is C22H28N2O2. The zero-order chi connectivity index (χ0) is 18.4. The van der Waals surface area contributed by atoms with Crippen molar-refractivity contribution in [3.63, 3.8) is 0 Å². The lowest BCUT2D eigenvalue weighted by Gasteiger charge is -2.28. The molecule has 1 saturated heterocycles. The van der Waals surface area contributed by atoms with Crippen molar-refractivity contribution in [1.29, 1.82) is 0 Å². The highest BCUT2D eigenvalue weighted by molar-refractivity contribution is 5.80. The van der Waals surface area contributed by atoms with Crippen molar-refractivity contribution in [2.24, 2.45) is 0 Å². The molecule has 1 aliphatic rings. The molecule has 0 saturated carbocycles. The summed E-state index contributed by atoms with van der Waals surface area (Å²) in [5.74, 6) is 0.606. The number of piperidine rings is 1. The van der Waals surface area contributed by atoms with Crippen LogP contribution in [0.1, 0.15) is 37.3 Å². The number of aryl methyl sites for hydroxylation is 1. The molecule has 1 amide bonds. The molecular weight excluding hydrogens is 324 g/mol. The van der Waals surface area contributed by atoms with Crippen LogP contribution in [0.2, 0.25) is 0 Å². The molecule has 0 spiro atoms. The van der Waals surface area contributed by atoms with Gasteiger partial charge in [0, 0.05) is 25.3 Å². The first kappa shape index (κ1) is 18.3. The highest BCUT2D eigenvalue weighted by atomic mass is 16.5. The second-order valence-corrected chi connectivity index (χ2v) is 7.01. The number of benzene rings is 2. The SMILES string of the molecule is Cc1ccc(O[C@H](C)C(=O)NCc2ccc(N3CCCCC3)cc2)cc1. The predicted molar refractivity (Wildman–Crippen MR) is 106 cm³/mol. The number of hydrogen-bond donors (Lipinski definition) is 1. The topological polar surface area (TPSA) is 41.6 Å². The maximum absolute atomic E-state index is 12.3. The van der Waals surface area contributed by atoms with Crippen LogP contribution in [0.15, 0.2) is 48.5 Å². The van der Waals surface area contributed by atoms with E-state index in [1.165, 1.54) is 30.5 Å². The molecule has 26 heavy (non-hydrogen) atoms. The summed E-state index contributed by atoms with van der Waals surface area (Å²) in [6.45, 7) is 6.60. The summed E-state index contributed by atoms with van der Waals surface area (Å²) in [6, 6.07) is 16.2. The average Bonchev–Trinajstić information content (AvgIpc) is 2.69. The van der Waals surface area contributed by atoms with Gasteiger partial charge in [-0.15, -0.1) is 0 Å². The molecule has 2 aromatic carbocycles. The van der Waals surface area contributed by atoms with E-state index in [-0.39, 0.29) is 5.91 Å². The quantitative estimate of drug-likeness (QED) is 0.852. The third kappa shape index (κ3) is 5.01. The van der Waals surface area contributed by atoms with Crippen LogP contribution in [0.5, 0.6) is 5.75 Å². The summed E-state index contributed by atoms with van der Waals surface area (Å²) >= 11 is 0. The van der Waals surface area contributed by atoms with Gasteiger partial charge < -0.3 is 15.0 Å². The van der Waals surface area contributed by atoms with E-state index in [0.29, 0.717) is 12.3 Å². The number of ether oxygens (including phenoxy) is 1. The maximum Gasteiger partial charge on any atom is 0.261 e. The van der Waals surface area contributed by atoms with Gasteiger partial charge in [0.05, 0.1) is 0 Å². The lowest BCUT2D eigenvalue weighted by molar-refractivity contribution is -0.127. The minimum Gasteiger partial charge on any atom is -0.481 e. The summed E-state index contributed by atoms with van der Waals surface area (Å²) in [5, 5.41) is 2.95. The monoisotopic (exact) mass is 352 g/mol. The highest BCUT2D eigenvalue weighted by Gasteiger charge is 2.14. The van der Waals surface area contributed by atoms with Gasteiger partial charge in [-0.2, -0.15) is 0 Å². The second kappa shape index (κ2) is 8.75. The van der Waals surface area contributed by atoms with Crippen molar-refractivity contribution in [2.45, 2.75) is 45.8 Å². The Bertz CT molecular complexity index is 704. The van der Waals surface area contributed by atoms with E-state index in [2.05, 4.69) is 34.5 Å². The van der Waals surface area contributed by atoms with Gasteiger partial charge in [-0.25, -0.2) is 0 Å². The normalized spacial score (nSPS) is 15.4. The Balaban J connectivity index is 1.48. The lowest BCUT2D eigenvalue weighted by atomic mass is 10.1. The van der Waals surface area contributed by atoms with Crippen molar-refractivity contribution >= 4 is 11.6 Å². The maximum atomic E-state index is 12.3. The Morgan fingerprint density at radius 3 is 2.35 bits per heavy atom. The number of carbonyl (C=O) groups is 1. The summed E-state index contributed by atoms with van der Waals surface area (Å²) in [5.41, 5.74) is 3.54. The summed E-state index contributed by atoms with van der Waals surface area (Å²) in [6.07, 6.45) is 3.36. The molecule has 0 unspecified atom stereocenters. The second-order valence-electron chi connectivity index (χ2n) is 7.01. The van der Waals surface area contributed by atoms with Gasteiger partial charge in [-0.3, -0.25) is 4.79 Å². The largest absolute Gasteiger partial charge is 0.481 e. The van der Waals surface area contributed by atoms with E-state index in [1.807, 2.05) is 31.2 Å². The third-order valence-corrected chi connectivity index (χ3v) is 4.83. The standard InChI is InChI=1S/C22H28N2O2/c1-17-6-12-21(13-7-17)26-18(2)22(25)23-16-19-8-10-20(11-9-19)24-14-4-3-5-15-24/h6-13,18H,3-5,14-16H2,1-2H3,(H,23,25)/t18-/m1/s1. The predicted octanol–water partition coefficient (Wildman–Crippen LogP) is 4.07. The number of anilines is 1. The number of nitrogens with zero attached hydrogens (tertiary/aromatic N) is 1. The third-order valence-electron chi connectivity index (χ3n) is 4.83. The zero-order valence-electron chi connectivity index (χ0n) is 15.7. The molecule has 1 aliphatic heterocycles. The fourth-order valence-corrected chi connectivity index (χ4v) is 3.18. The van der Waals surface area contributed by atoms with Crippen molar-refractivity contribution in [3.05, 3.63) is 59.7 Å². The fourth-order valence-electron chi connectivity index (χ4n) is 3.18. The zero-order valence-corrected chi connectivity index (χ0v) is 15.7. The Morgan fingerprint density at radius 1 is 1.04 bits per heavy atom. The van der Waals surface area contributed by atoms with E-state index in [1.54, 1.807) is 6.92 Å². The van der Waals surface area contributed by atoms with E-state index in [9.17, 15) is 4.79 Å². The Morgan fingerprint density at radius 2 is 1.69 bits per heavy atom. The van der Waals surface area contributed by atoms with Gasteiger partial charge in [0.2, 0.25) is 0 Å². The van der Waals surface area contributed by atoms with E-state index in [4.69, 9.17) is 4.74 Å². The number of nitrogens with one attached hydrogen (secondary N) is 1. The van der Waals surface area contributed by atoms with Crippen LogP contribution in [0.25, 0.3) is 0 Å². The first-order valence-electron chi connectivity index (χ1n) is 9.47. The number of rotatable bonds is 6. The first-order valence-corrected chi connectivity index (χ1v) is 9.47. The van der Waals surface area contributed by atoms with E-state index >= 15 is 0 Å². The van der Waals surface area contributed by atoms with Crippen molar-refractivity contribution in [3.8, 4) is 5.75 Å². The van der Waals surface area contributed by atoms with Crippen LogP contribution in [0.3, 0.4) is 0 Å². The number of amides is 1. The van der Waals surface area contributed by atoms with Crippen LogP contribution in [-0.4, -0.2) is 25.1 Å². The molecule has 1 atom stereocenters. The molecule has 1 N–H and O–H groups in total. The minimum atomic E-state index is -0.523. The number of hydrogen-bond acceptors (Lipinski definition) is 3. The molecule has 1 heterocycles. The van der Waals surface area contributed by atoms with Gasteiger partial charge in [-0.1, -0.05) is 29.8 Å². The van der Waals surface area contributed by atoms with Crippen LogP contribution in [-0.2, 0) is 11.3 Å². The average molecular weight is 352 g/mol. The first-order chi connectivity index (χ1) is 12.6. The van der Waals surface area contributed by atoms with Crippen molar-refractivity contribution < 1.29 is 9.53 Å². The van der Waals surface area contributed by atoms with Crippen molar-refractivity contribution in [1.82, 2.24) is 5.32 Å². The van der Waals surface area contributed by atoms with E-state index < -0.39 is 6.10 Å². The molecule has 3 rings (SSSR count). The van der Waals surface area contributed by atoms with Gasteiger partial charge in [0.15, 0.2) is 6.10 Å². The molecule has 4 heteroatoms. The Labute approximate surface area is 156 Å². The molecule has 138 valence electrons. The number of carbonyl (C=O) groups excluding carboxylic acids is 1. The van der Waals surface area contributed by atoms with Gasteiger partial charge in [0.25, 0.3) is 5.91 Å². The van der Waals surface area contributed by atoms with Crippen LogP contribution in [0.4, 0.5) is 5.69 Å². The fraction of sp³-hybridized carbons (Fsp3) is 0.409. The Kier molecular flexibility index (Phi) is 6.16. The summed E-state index contributed by atoms with van der Waals surface area (Å²) in [7, 11) is 0. The molecule has 2 aromatic rings. The summed E-state index contributed by atoms with van der Waals surface area (Å²) < 4.78 is 5.70. The van der Waals surface area contributed by atoms with Gasteiger partial charge in [0.1, 0.15) is 5.75 Å². The van der Waals surface area contributed by atoms with Crippen molar-refractivity contribution in [2.75, 3.05) is 18.0 Å². The smallest absolute Gasteiger partial charge is 0.261 e. The minimum absolute atomic E-state index is 0.106. The molecule has 4 nitrogen and oxygen atoms in total. The van der Waals surface area contributed by atoms with Gasteiger partial charge in [-0.05, 0) is 62.9 Å². The lowest BCUT2D eigenvalue weighted by Crippen LogP contribution is -2.35. The molecule has 1 fully saturated rings. The summed E-state index contributed by atoms with van der Waals surface area (Å²) in [4.78, 5) is 14.7. The molecule has 0 aromatic heterocycles. The van der Waals surface area contributed by atoms with Gasteiger partial charge >= 0.3 is 0 Å². The van der Waals surface area contributed by atoms with Crippen LogP contribution < -0.4 is 15.0 Å². The van der Waals surface area contributed by atoms with Crippen LogP contribution >= 0.6 is 0 Å². The highest BCUT2D eigenvalue weighted by Crippen LogP contribution is 2.20. The molecule has 0 radical (unpaired) electrons. The Hall–Kier alpha value is -2.49. The van der Waals surface area contributed by atoms with E-state index in [0.717, 1.165) is 18.7 Å². The molecule has 0 aliphatic carbocycles. The molecule has 0 bridgehead atoms. The van der Waals surface area contributed by atoms with Crippen LogP contribution in [0, 0.1) is 6.92 Å².